The first-order valence-corrected chi connectivity index (χ1v) is 5.85. The molecule has 2 aromatic rings. The van der Waals surface area contributed by atoms with Crippen LogP contribution in [0.2, 0.25) is 0 Å². The van der Waals surface area contributed by atoms with Crippen molar-refractivity contribution in [3.63, 3.8) is 0 Å². The average Bonchev–Trinajstić information content (AvgIpc) is 2.79. The highest BCUT2D eigenvalue weighted by atomic mass is 16.3. The Hall–Kier alpha value is -2.23. The maximum atomic E-state index is 12.4. The summed E-state index contributed by atoms with van der Waals surface area (Å²) < 4.78 is 5.17. The summed E-state index contributed by atoms with van der Waals surface area (Å²) in [5, 5.41) is 0. The Kier molecular flexibility index (Phi) is 3.37. The molecular weight excluding hydrogens is 228 g/mol. The third-order valence-corrected chi connectivity index (χ3v) is 2.77. The van der Waals surface area contributed by atoms with Crippen LogP contribution in [0.4, 0.5) is 11.4 Å². The van der Waals surface area contributed by atoms with E-state index in [1.165, 1.54) is 6.26 Å². The number of nitrogens with zero attached hydrogens (tertiary/aromatic N) is 1. The Morgan fingerprint density at radius 3 is 2.67 bits per heavy atom. The van der Waals surface area contributed by atoms with Crippen molar-refractivity contribution in [2.75, 3.05) is 17.2 Å². The zero-order chi connectivity index (χ0) is 13.1. The van der Waals surface area contributed by atoms with Gasteiger partial charge in [0.25, 0.3) is 5.91 Å². The van der Waals surface area contributed by atoms with Gasteiger partial charge in [-0.1, -0.05) is 12.1 Å². The molecule has 0 unspecified atom stereocenters. The second kappa shape index (κ2) is 4.96. The fourth-order valence-electron chi connectivity index (χ4n) is 1.87. The number of carbonyl (C=O) groups is 1. The number of hydrogen-bond donors (Lipinski definition) is 1. The topological polar surface area (TPSA) is 59.5 Å². The van der Waals surface area contributed by atoms with Gasteiger partial charge in [0.2, 0.25) is 0 Å². The molecule has 1 aromatic carbocycles. The normalized spacial score (nSPS) is 10.3. The predicted molar refractivity (Wildman–Crippen MR) is 71.6 cm³/mol. The zero-order valence-electron chi connectivity index (χ0n) is 10.5. The van der Waals surface area contributed by atoms with Gasteiger partial charge < -0.3 is 15.1 Å². The van der Waals surface area contributed by atoms with Crippen molar-refractivity contribution in [1.82, 2.24) is 0 Å². The summed E-state index contributed by atoms with van der Waals surface area (Å²) in [4.78, 5) is 14.0. The molecule has 0 bridgehead atoms. The molecule has 0 saturated carbocycles. The van der Waals surface area contributed by atoms with Crippen LogP contribution in [0.25, 0.3) is 0 Å². The third kappa shape index (κ3) is 2.22. The standard InChI is InChI=1S/C14H16N2O2/c1-3-16(13-7-5-4-6-12(13)15)14(17)11-8-10(2)18-9-11/h4-9H,3,15H2,1-2H3. The van der Waals surface area contributed by atoms with Crippen LogP contribution in [0.15, 0.2) is 41.0 Å². The Bertz CT molecular complexity index is 560. The number of hydrogen-bond acceptors (Lipinski definition) is 3. The molecule has 4 heteroatoms. The van der Waals surface area contributed by atoms with Gasteiger partial charge in [-0.3, -0.25) is 4.79 Å². The van der Waals surface area contributed by atoms with E-state index in [9.17, 15) is 4.79 Å². The maximum Gasteiger partial charge on any atom is 0.261 e. The van der Waals surface area contributed by atoms with Gasteiger partial charge in [0, 0.05) is 6.54 Å². The van der Waals surface area contributed by atoms with E-state index in [2.05, 4.69) is 0 Å². The molecule has 0 aliphatic rings. The van der Waals surface area contributed by atoms with Crippen molar-refractivity contribution in [3.05, 3.63) is 47.9 Å². The van der Waals surface area contributed by atoms with Crippen molar-refractivity contribution >= 4 is 17.3 Å². The van der Waals surface area contributed by atoms with Crippen molar-refractivity contribution in [2.24, 2.45) is 0 Å². The quantitative estimate of drug-likeness (QED) is 0.844. The lowest BCUT2D eigenvalue weighted by molar-refractivity contribution is 0.0988. The molecule has 1 aromatic heterocycles. The molecule has 94 valence electrons. The van der Waals surface area contributed by atoms with Crippen molar-refractivity contribution < 1.29 is 9.21 Å². The van der Waals surface area contributed by atoms with E-state index in [-0.39, 0.29) is 5.91 Å². The van der Waals surface area contributed by atoms with Crippen LogP contribution >= 0.6 is 0 Å². The number of carbonyl (C=O) groups excluding carboxylic acids is 1. The molecule has 2 N–H and O–H groups in total. The molecular formula is C14H16N2O2. The van der Waals surface area contributed by atoms with Gasteiger partial charge in [-0.15, -0.1) is 0 Å². The molecule has 0 saturated heterocycles. The highest BCUT2D eigenvalue weighted by molar-refractivity contribution is 6.07. The van der Waals surface area contributed by atoms with Crippen molar-refractivity contribution in [3.8, 4) is 0 Å². The van der Waals surface area contributed by atoms with E-state index in [0.717, 1.165) is 11.4 Å². The first kappa shape index (κ1) is 12.2. The first-order valence-electron chi connectivity index (χ1n) is 5.85. The third-order valence-electron chi connectivity index (χ3n) is 2.77. The van der Waals surface area contributed by atoms with Crippen LogP contribution in [0.1, 0.15) is 23.0 Å². The summed E-state index contributed by atoms with van der Waals surface area (Å²) in [5.41, 5.74) is 7.76. The second-order valence-electron chi connectivity index (χ2n) is 4.05. The summed E-state index contributed by atoms with van der Waals surface area (Å²) in [5.74, 6) is 0.614. The lowest BCUT2D eigenvalue weighted by Crippen LogP contribution is -2.30. The molecule has 0 fully saturated rings. The number of nitrogens with two attached hydrogens (primary N) is 1. The second-order valence-corrected chi connectivity index (χ2v) is 4.05. The minimum atomic E-state index is -0.104. The number of furan rings is 1. The summed E-state index contributed by atoms with van der Waals surface area (Å²) in [6, 6.07) is 9.06. The predicted octanol–water partition coefficient (Wildman–Crippen LogP) is 2.84. The minimum Gasteiger partial charge on any atom is -0.469 e. The number of nitrogen functional groups attached to an aromatic ring is 1. The van der Waals surface area contributed by atoms with Crippen molar-refractivity contribution in [1.29, 1.82) is 0 Å². The molecule has 1 heterocycles. The molecule has 2 rings (SSSR count). The van der Waals surface area contributed by atoms with E-state index in [4.69, 9.17) is 10.2 Å². The number of rotatable bonds is 3. The summed E-state index contributed by atoms with van der Waals surface area (Å²) in [7, 11) is 0. The van der Waals surface area contributed by atoms with Gasteiger partial charge >= 0.3 is 0 Å². The van der Waals surface area contributed by atoms with Crippen molar-refractivity contribution in [2.45, 2.75) is 13.8 Å². The summed E-state index contributed by atoms with van der Waals surface area (Å²) in [6.07, 6.45) is 1.47. The highest BCUT2D eigenvalue weighted by Crippen LogP contribution is 2.24. The number of benzene rings is 1. The van der Waals surface area contributed by atoms with Gasteiger partial charge in [0.15, 0.2) is 0 Å². The lowest BCUT2D eigenvalue weighted by Gasteiger charge is -2.21. The van der Waals surface area contributed by atoms with Crippen LogP contribution in [-0.2, 0) is 0 Å². The minimum absolute atomic E-state index is 0.104. The van der Waals surface area contributed by atoms with E-state index in [1.54, 1.807) is 17.0 Å². The number of aryl methyl sites for hydroxylation is 1. The number of anilines is 2. The van der Waals surface area contributed by atoms with Crippen LogP contribution in [0, 0.1) is 6.92 Å². The smallest absolute Gasteiger partial charge is 0.261 e. The molecule has 0 spiro atoms. The van der Waals surface area contributed by atoms with Gasteiger partial charge in [-0.2, -0.15) is 0 Å². The van der Waals surface area contributed by atoms with E-state index in [0.29, 0.717) is 17.8 Å². The van der Waals surface area contributed by atoms with Gasteiger partial charge in [0.1, 0.15) is 12.0 Å². The van der Waals surface area contributed by atoms with E-state index < -0.39 is 0 Å². The molecule has 0 aliphatic heterocycles. The number of amides is 1. The monoisotopic (exact) mass is 244 g/mol. The number of para-hydroxylation sites is 2. The van der Waals surface area contributed by atoms with Gasteiger partial charge in [-0.25, -0.2) is 0 Å². The fraction of sp³-hybridized carbons (Fsp3) is 0.214. The Balaban J connectivity index is 2.35. The summed E-state index contributed by atoms with van der Waals surface area (Å²) >= 11 is 0. The molecule has 0 radical (unpaired) electrons. The van der Waals surface area contributed by atoms with E-state index >= 15 is 0 Å². The van der Waals surface area contributed by atoms with Crippen LogP contribution in [0.5, 0.6) is 0 Å². The molecule has 0 atom stereocenters. The first-order chi connectivity index (χ1) is 8.63. The molecule has 18 heavy (non-hydrogen) atoms. The Labute approximate surface area is 106 Å². The van der Waals surface area contributed by atoms with Crippen LogP contribution in [-0.4, -0.2) is 12.5 Å². The Morgan fingerprint density at radius 2 is 2.11 bits per heavy atom. The molecule has 4 nitrogen and oxygen atoms in total. The zero-order valence-corrected chi connectivity index (χ0v) is 10.5. The SMILES string of the molecule is CCN(C(=O)c1coc(C)c1)c1ccccc1N. The van der Waals surface area contributed by atoms with Gasteiger partial charge in [-0.05, 0) is 32.0 Å². The average molecular weight is 244 g/mol. The molecule has 0 aliphatic carbocycles. The van der Waals surface area contributed by atoms with Crippen LogP contribution in [0.3, 0.4) is 0 Å². The van der Waals surface area contributed by atoms with Crippen LogP contribution < -0.4 is 10.6 Å². The fourth-order valence-corrected chi connectivity index (χ4v) is 1.87. The molecule has 1 amide bonds. The lowest BCUT2D eigenvalue weighted by atomic mass is 10.2. The summed E-state index contributed by atoms with van der Waals surface area (Å²) in [6.45, 7) is 4.28. The van der Waals surface area contributed by atoms with E-state index in [1.807, 2.05) is 32.0 Å². The largest absolute Gasteiger partial charge is 0.469 e. The Morgan fingerprint density at radius 1 is 1.39 bits per heavy atom. The highest BCUT2D eigenvalue weighted by Gasteiger charge is 2.19. The maximum absolute atomic E-state index is 12.4. The van der Waals surface area contributed by atoms with Gasteiger partial charge in [0.05, 0.1) is 16.9 Å².